The number of nitro benzene ring substituents is 1. The molecule has 178 valence electrons. The summed E-state index contributed by atoms with van der Waals surface area (Å²) in [6, 6.07) is 31.9. The van der Waals surface area contributed by atoms with Crippen molar-refractivity contribution in [2.75, 3.05) is 17.3 Å². The number of nitrogens with zero attached hydrogens (tertiary/aromatic N) is 3. The molecular weight excluding hydrogens is 452 g/mol. The number of para-hydroxylation sites is 1. The van der Waals surface area contributed by atoms with E-state index in [4.69, 9.17) is 4.99 Å². The number of fused-ring (bicyclic) bond motifs is 1. The van der Waals surface area contributed by atoms with Crippen molar-refractivity contribution in [3.05, 3.63) is 130 Å². The minimum atomic E-state index is -0.758. The first-order valence-electron chi connectivity index (χ1n) is 11.6. The number of amides is 1. The number of anilines is 2. The largest absolute Gasteiger partial charge is 0.370 e. The van der Waals surface area contributed by atoms with Crippen LogP contribution in [0.3, 0.4) is 0 Å². The summed E-state index contributed by atoms with van der Waals surface area (Å²) in [6.07, 6.45) is 0. The lowest BCUT2D eigenvalue weighted by molar-refractivity contribution is -0.384. The van der Waals surface area contributed by atoms with Crippen molar-refractivity contribution < 1.29 is 9.72 Å². The van der Waals surface area contributed by atoms with Gasteiger partial charge in [0.1, 0.15) is 5.92 Å². The lowest BCUT2D eigenvalue weighted by atomic mass is 9.90. The molecule has 7 heteroatoms. The number of carbonyl (C=O) groups excluding carboxylic acids is 1. The molecule has 0 aliphatic carbocycles. The van der Waals surface area contributed by atoms with Gasteiger partial charge < -0.3 is 10.2 Å². The van der Waals surface area contributed by atoms with E-state index in [2.05, 4.69) is 22.3 Å². The van der Waals surface area contributed by atoms with Crippen molar-refractivity contribution in [1.29, 1.82) is 0 Å². The third kappa shape index (κ3) is 4.72. The molecule has 4 aromatic carbocycles. The number of rotatable bonds is 7. The molecule has 0 fully saturated rings. The second-order valence-corrected chi connectivity index (χ2v) is 8.67. The van der Waals surface area contributed by atoms with Gasteiger partial charge in [-0.25, -0.2) is 0 Å². The van der Waals surface area contributed by atoms with Crippen LogP contribution in [-0.4, -0.2) is 23.6 Å². The van der Waals surface area contributed by atoms with E-state index in [0.717, 1.165) is 23.4 Å². The Balaban J connectivity index is 1.49. The third-order valence-corrected chi connectivity index (χ3v) is 6.22. The highest BCUT2D eigenvalue weighted by molar-refractivity contribution is 6.24. The molecule has 1 aliphatic rings. The van der Waals surface area contributed by atoms with E-state index < -0.39 is 10.8 Å². The summed E-state index contributed by atoms with van der Waals surface area (Å²) in [4.78, 5) is 31.0. The van der Waals surface area contributed by atoms with Crippen molar-refractivity contribution in [2.24, 2.45) is 4.99 Å². The second-order valence-electron chi connectivity index (χ2n) is 8.67. The predicted molar refractivity (Wildman–Crippen MR) is 142 cm³/mol. The Morgan fingerprint density at radius 2 is 1.61 bits per heavy atom. The molecular formula is C29H24N4O3. The van der Waals surface area contributed by atoms with Crippen LogP contribution in [0.5, 0.6) is 0 Å². The Labute approximate surface area is 208 Å². The number of hydrogen-bond donors (Lipinski definition) is 1. The highest BCUT2D eigenvalue weighted by Crippen LogP contribution is 2.38. The first-order valence-corrected chi connectivity index (χ1v) is 11.6. The smallest absolute Gasteiger partial charge is 0.269 e. The van der Waals surface area contributed by atoms with Gasteiger partial charge >= 0.3 is 0 Å². The molecule has 0 spiro atoms. The topological polar surface area (TPSA) is 87.8 Å². The summed E-state index contributed by atoms with van der Waals surface area (Å²) < 4.78 is 0. The van der Waals surface area contributed by atoms with Crippen LogP contribution >= 0.6 is 0 Å². The average Bonchev–Trinajstić information content (AvgIpc) is 3.24. The minimum Gasteiger partial charge on any atom is -0.370 e. The van der Waals surface area contributed by atoms with Crippen molar-refractivity contribution in [2.45, 2.75) is 12.5 Å². The first kappa shape index (κ1) is 23.0. The maximum atomic E-state index is 13.1. The Bertz CT molecular complexity index is 1430. The number of nitrogens with one attached hydrogen (secondary N) is 1. The molecule has 1 aliphatic heterocycles. The van der Waals surface area contributed by atoms with Crippen molar-refractivity contribution >= 4 is 34.4 Å². The Morgan fingerprint density at radius 1 is 0.944 bits per heavy atom. The molecule has 36 heavy (non-hydrogen) atoms. The van der Waals surface area contributed by atoms with Gasteiger partial charge in [0.05, 0.1) is 16.3 Å². The van der Waals surface area contributed by atoms with Gasteiger partial charge in [-0.1, -0.05) is 60.7 Å². The molecule has 1 atom stereocenters. The standard InChI is InChI=1S/C29H24N4O3/c1-32(23-10-6-3-7-11-23)19-20-12-14-22(15-13-20)30-28(21-8-4-2-5-9-21)27-25-18-24(33(35)36)16-17-26(25)31-29(27)34/h2-18,27H,19H2,1H3,(H,31,34). The molecule has 0 saturated carbocycles. The van der Waals surface area contributed by atoms with Gasteiger partial charge in [-0.05, 0) is 41.5 Å². The van der Waals surface area contributed by atoms with Crippen LogP contribution in [0, 0.1) is 10.1 Å². The molecule has 0 bridgehead atoms. The number of carbonyl (C=O) groups is 1. The SMILES string of the molecule is CN(Cc1ccc(N=C(c2ccccc2)C2C(=O)Nc3ccc([N+](=O)[O-])cc32)cc1)c1ccccc1. The molecule has 0 aromatic heterocycles. The highest BCUT2D eigenvalue weighted by atomic mass is 16.6. The van der Waals surface area contributed by atoms with Crippen LogP contribution < -0.4 is 10.2 Å². The molecule has 0 radical (unpaired) electrons. The van der Waals surface area contributed by atoms with Gasteiger partial charge in [-0.2, -0.15) is 0 Å². The van der Waals surface area contributed by atoms with E-state index in [1.165, 1.54) is 12.1 Å². The Hall–Kier alpha value is -4.78. The van der Waals surface area contributed by atoms with E-state index in [1.54, 1.807) is 6.07 Å². The maximum Gasteiger partial charge on any atom is 0.269 e. The molecule has 7 nitrogen and oxygen atoms in total. The van der Waals surface area contributed by atoms with E-state index in [0.29, 0.717) is 22.6 Å². The predicted octanol–water partition coefficient (Wildman–Crippen LogP) is 6.09. The fraction of sp³-hybridized carbons (Fsp3) is 0.103. The normalized spacial score (nSPS) is 14.8. The highest BCUT2D eigenvalue weighted by Gasteiger charge is 2.36. The second kappa shape index (κ2) is 9.84. The zero-order valence-electron chi connectivity index (χ0n) is 19.7. The fourth-order valence-corrected chi connectivity index (χ4v) is 4.40. The zero-order valence-corrected chi connectivity index (χ0v) is 19.7. The Morgan fingerprint density at radius 3 is 2.28 bits per heavy atom. The minimum absolute atomic E-state index is 0.0606. The average molecular weight is 477 g/mol. The number of hydrogen-bond acceptors (Lipinski definition) is 5. The number of benzene rings is 4. The number of non-ortho nitro benzene ring substituents is 1. The van der Waals surface area contributed by atoms with Crippen molar-refractivity contribution in [3.63, 3.8) is 0 Å². The molecule has 5 rings (SSSR count). The molecule has 1 heterocycles. The lowest BCUT2D eigenvalue weighted by Crippen LogP contribution is -2.22. The molecule has 1 amide bonds. The fourth-order valence-electron chi connectivity index (χ4n) is 4.40. The first-order chi connectivity index (χ1) is 17.5. The van der Waals surface area contributed by atoms with Crippen molar-refractivity contribution in [3.8, 4) is 0 Å². The van der Waals surface area contributed by atoms with Gasteiger partial charge in [0.25, 0.3) is 5.69 Å². The van der Waals surface area contributed by atoms with E-state index >= 15 is 0 Å². The van der Waals surface area contributed by atoms with Gasteiger partial charge in [0, 0.05) is 42.7 Å². The van der Waals surface area contributed by atoms with Gasteiger partial charge in [0.2, 0.25) is 5.91 Å². The van der Waals surface area contributed by atoms with Gasteiger partial charge in [0.15, 0.2) is 0 Å². The molecule has 1 unspecified atom stereocenters. The summed E-state index contributed by atoms with van der Waals surface area (Å²) in [7, 11) is 2.05. The summed E-state index contributed by atoms with van der Waals surface area (Å²) in [6.45, 7) is 0.738. The van der Waals surface area contributed by atoms with Crippen LogP contribution in [0.2, 0.25) is 0 Å². The monoisotopic (exact) mass is 476 g/mol. The maximum absolute atomic E-state index is 13.1. The summed E-state index contributed by atoms with van der Waals surface area (Å²) in [5.74, 6) is -1.01. The van der Waals surface area contributed by atoms with Crippen molar-refractivity contribution in [1.82, 2.24) is 0 Å². The third-order valence-electron chi connectivity index (χ3n) is 6.22. The summed E-state index contributed by atoms with van der Waals surface area (Å²) >= 11 is 0. The summed E-state index contributed by atoms with van der Waals surface area (Å²) in [5, 5.41) is 14.2. The van der Waals surface area contributed by atoms with E-state index in [9.17, 15) is 14.9 Å². The van der Waals surface area contributed by atoms with Crippen LogP contribution in [0.1, 0.15) is 22.6 Å². The quantitative estimate of drug-likeness (QED) is 0.199. The number of nitro groups is 1. The Kier molecular flexibility index (Phi) is 6.28. The van der Waals surface area contributed by atoms with E-state index in [1.807, 2.05) is 79.8 Å². The van der Waals surface area contributed by atoms with Crippen LogP contribution in [0.4, 0.5) is 22.7 Å². The number of aliphatic imine (C=N–C) groups is 1. The summed E-state index contributed by atoms with van der Waals surface area (Å²) in [5.41, 5.74) is 5.34. The zero-order chi connectivity index (χ0) is 25.1. The molecule has 0 saturated heterocycles. The van der Waals surface area contributed by atoms with E-state index in [-0.39, 0.29) is 11.6 Å². The van der Waals surface area contributed by atoms with Crippen LogP contribution in [0.25, 0.3) is 0 Å². The molecule has 4 aromatic rings. The van der Waals surface area contributed by atoms with Gasteiger partial charge in [-0.3, -0.25) is 19.9 Å². The van der Waals surface area contributed by atoms with Crippen LogP contribution in [0.15, 0.2) is 108 Å². The van der Waals surface area contributed by atoms with Gasteiger partial charge in [-0.15, -0.1) is 0 Å². The lowest BCUT2D eigenvalue weighted by Gasteiger charge is -2.19. The molecule has 1 N–H and O–H groups in total. The van der Waals surface area contributed by atoms with Crippen LogP contribution in [-0.2, 0) is 11.3 Å².